The number of rotatable bonds is 8. The van der Waals surface area contributed by atoms with Gasteiger partial charge in [-0.05, 0) is 73.7 Å². The minimum absolute atomic E-state index is 0.129. The molecular weight excluding hydrogens is 570 g/mol. The van der Waals surface area contributed by atoms with Crippen LogP contribution in [0.3, 0.4) is 0 Å². The van der Waals surface area contributed by atoms with Crippen molar-refractivity contribution < 1.29 is 35.8 Å². The van der Waals surface area contributed by atoms with Crippen molar-refractivity contribution in [3.63, 3.8) is 0 Å². The SMILES string of the molecule is C[C@@H](OC1OCCN(CCN2CCC(c3ccccc3)CC2)C1c1ccccc1)c1cc(C(F)(F)F)cc(C(F)(F)F)c1. The van der Waals surface area contributed by atoms with Gasteiger partial charge in [0, 0.05) is 19.6 Å². The molecule has 2 unspecified atom stereocenters. The fourth-order valence-electron chi connectivity index (χ4n) is 6.05. The van der Waals surface area contributed by atoms with E-state index in [1.165, 1.54) is 12.5 Å². The number of likely N-dealkylation sites (tertiary alicyclic amines) is 1. The minimum atomic E-state index is -4.93. The standard InChI is InChI=1S/C33H36F6N2O2/c1-23(27-20-28(32(34,35)36)22-29(21-27)33(37,38)39)43-31-30(26-10-6-3-7-11-26)41(18-19-42-31)17-16-40-14-12-25(13-15-40)24-8-4-2-5-9-24/h2-11,20-23,25,30-31H,12-19H2,1H3/t23-,30?,31?/m1/s1. The summed E-state index contributed by atoms with van der Waals surface area (Å²) in [6.45, 7) is 5.91. The molecule has 10 heteroatoms. The third-order valence-corrected chi connectivity index (χ3v) is 8.43. The van der Waals surface area contributed by atoms with Crippen LogP contribution in [0, 0.1) is 0 Å². The Kier molecular flexibility index (Phi) is 9.80. The zero-order valence-electron chi connectivity index (χ0n) is 24.0. The molecule has 2 aliphatic rings. The van der Waals surface area contributed by atoms with Crippen LogP contribution >= 0.6 is 0 Å². The molecule has 0 radical (unpaired) electrons. The summed E-state index contributed by atoms with van der Waals surface area (Å²) in [5.41, 5.74) is -0.667. The van der Waals surface area contributed by atoms with Crippen LogP contribution in [0.5, 0.6) is 0 Å². The summed E-state index contributed by atoms with van der Waals surface area (Å²) < 4.78 is 93.1. The van der Waals surface area contributed by atoms with Crippen molar-refractivity contribution in [1.29, 1.82) is 0 Å². The maximum Gasteiger partial charge on any atom is 0.416 e. The molecular formula is C33H36F6N2O2. The van der Waals surface area contributed by atoms with Gasteiger partial charge in [0.15, 0.2) is 6.29 Å². The number of ether oxygens (including phenoxy) is 2. The topological polar surface area (TPSA) is 24.9 Å². The lowest BCUT2D eigenvalue weighted by atomic mass is 9.89. The number of nitrogens with zero attached hydrogens (tertiary/aromatic N) is 2. The van der Waals surface area contributed by atoms with Crippen molar-refractivity contribution in [1.82, 2.24) is 9.80 Å². The van der Waals surface area contributed by atoms with Crippen LogP contribution in [0.2, 0.25) is 0 Å². The Labute approximate surface area is 248 Å². The number of benzene rings is 3. The van der Waals surface area contributed by atoms with Crippen LogP contribution in [0.15, 0.2) is 78.9 Å². The molecule has 2 saturated heterocycles. The first-order valence-corrected chi connectivity index (χ1v) is 14.6. The number of morpholine rings is 1. The number of piperidine rings is 1. The van der Waals surface area contributed by atoms with Crippen molar-refractivity contribution in [2.45, 2.75) is 56.5 Å². The first-order valence-electron chi connectivity index (χ1n) is 14.6. The second kappa shape index (κ2) is 13.4. The maximum atomic E-state index is 13.5. The smallest absolute Gasteiger partial charge is 0.349 e. The van der Waals surface area contributed by atoms with Gasteiger partial charge in [0.1, 0.15) is 0 Å². The van der Waals surface area contributed by atoms with Gasteiger partial charge < -0.3 is 14.4 Å². The van der Waals surface area contributed by atoms with Crippen LogP contribution in [-0.2, 0) is 21.8 Å². The molecule has 0 saturated carbocycles. The van der Waals surface area contributed by atoms with E-state index in [-0.39, 0.29) is 17.7 Å². The van der Waals surface area contributed by atoms with Crippen LogP contribution in [0.25, 0.3) is 0 Å². The van der Waals surface area contributed by atoms with Gasteiger partial charge in [-0.25, -0.2) is 0 Å². The van der Waals surface area contributed by atoms with E-state index in [0.29, 0.717) is 19.1 Å². The van der Waals surface area contributed by atoms with E-state index in [1.54, 1.807) is 0 Å². The Bertz CT molecular complexity index is 1280. The molecule has 0 aliphatic carbocycles. The van der Waals surface area contributed by atoms with E-state index >= 15 is 0 Å². The van der Waals surface area contributed by atoms with Gasteiger partial charge in [-0.15, -0.1) is 0 Å². The maximum absolute atomic E-state index is 13.5. The fourth-order valence-corrected chi connectivity index (χ4v) is 6.05. The van der Waals surface area contributed by atoms with Crippen LogP contribution < -0.4 is 0 Å². The summed E-state index contributed by atoms with van der Waals surface area (Å²) in [5.74, 6) is 0.547. The van der Waals surface area contributed by atoms with Crippen molar-refractivity contribution in [2.75, 3.05) is 39.3 Å². The van der Waals surface area contributed by atoms with Crippen LogP contribution in [0.1, 0.15) is 65.6 Å². The average Bonchev–Trinajstić information content (AvgIpc) is 3.00. The predicted octanol–water partition coefficient (Wildman–Crippen LogP) is 8.08. The molecule has 0 bridgehead atoms. The Morgan fingerprint density at radius 2 is 1.33 bits per heavy atom. The van der Waals surface area contributed by atoms with Crippen molar-refractivity contribution in [3.8, 4) is 0 Å². The lowest BCUT2D eigenvalue weighted by molar-refractivity contribution is -0.230. The summed E-state index contributed by atoms with van der Waals surface area (Å²) >= 11 is 0. The molecule has 0 aromatic heterocycles. The third kappa shape index (κ3) is 7.98. The summed E-state index contributed by atoms with van der Waals surface area (Å²) in [4.78, 5) is 4.68. The van der Waals surface area contributed by atoms with Gasteiger partial charge >= 0.3 is 12.4 Å². The number of hydrogen-bond donors (Lipinski definition) is 0. The van der Waals surface area contributed by atoms with Crippen molar-refractivity contribution in [2.24, 2.45) is 0 Å². The normalized spacial score (nSPS) is 22.0. The van der Waals surface area contributed by atoms with Gasteiger partial charge in [0.25, 0.3) is 0 Å². The third-order valence-electron chi connectivity index (χ3n) is 8.43. The van der Waals surface area contributed by atoms with Gasteiger partial charge in [-0.3, -0.25) is 4.90 Å². The van der Waals surface area contributed by atoms with Crippen LogP contribution in [-0.4, -0.2) is 55.4 Å². The highest BCUT2D eigenvalue weighted by molar-refractivity contribution is 5.35. The lowest BCUT2D eigenvalue weighted by Crippen LogP contribution is -2.49. The molecule has 0 spiro atoms. The highest BCUT2D eigenvalue weighted by Crippen LogP contribution is 2.39. The average molecular weight is 607 g/mol. The highest BCUT2D eigenvalue weighted by atomic mass is 19.4. The van der Waals surface area contributed by atoms with Gasteiger partial charge in [0.05, 0.1) is 29.9 Å². The lowest BCUT2D eigenvalue weighted by Gasteiger charge is -2.43. The zero-order chi connectivity index (χ0) is 30.6. The van der Waals surface area contributed by atoms with Gasteiger partial charge in [0.2, 0.25) is 0 Å². The van der Waals surface area contributed by atoms with Crippen molar-refractivity contribution in [3.05, 3.63) is 107 Å². The van der Waals surface area contributed by atoms with E-state index in [2.05, 4.69) is 34.1 Å². The Hall–Kier alpha value is -2.92. The predicted molar refractivity (Wildman–Crippen MR) is 151 cm³/mol. The largest absolute Gasteiger partial charge is 0.416 e. The van der Waals surface area contributed by atoms with E-state index in [4.69, 9.17) is 9.47 Å². The molecule has 3 atom stereocenters. The van der Waals surface area contributed by atoms with Crippen molar-refractivity contribution >= 4 is 0 Å². The first kappa shape index (κ1) is 31.5. The quantitative estimate of drug-likeness (QED) is 0.242. The monoisotopic (exact) mass is 606 g/mol. The number of halogens is 6. The molecule has 2 aliphatic heterocycles. The molecule has 3 aromatic carbocycles. The second-order valence-corrected chi connectivity index (χ2v) is 11.3. The van der Waals surface area contributed by atoms with E-state index < -0.39 is 35.9 Å². The number of hydrogen-bond acceptors (Lipinski definition) is 4. The summed E-state index contributed by atoms with van der Waals surface area (Å²) in [6, 6.07) is 21.3. The molecule has 5 rings (SSSR count). The number of alkyl halides is 6. The Balaban J connectivity index is 1.30. The van der Waals surface area contributed by atoms with E-state index in [0.717, 1.165) is 56.7 Å². The molecule has 232 valence electrons. The summed E-state index contributed by atoms with van der Waals surface area (Å²) in [6.07, 6.45) is -9.69. The first-order chi connectivity index (χ1) is 20.5. The molecule has 3 aromatic rings. The Morgan fingerprint density at radius 3 is 1.88 bits per heavy atom. The molecule has 0 N–H and O–H groups in total. The summed E-state index contributed by atoms with van der Waals surface area (Å²) in [5, 5.41) is 0. The summed E-state index contributed by atoms with van der Waals surface area (Å²) in [7, 11) is 0. The Morgan fingerprint density at radius 1 is 0.767 bits per heavy atom. The highest BCUT2D eigenvalue weighted by Gasteiger charge is 2.39. The molecule has 2 fully saturated rings. The van der Waals surface area contributed by atoms with Gasteiger partial charge in [-0.1, -0.05) is 60.7 Å². The minimum Gasteiger partial charge on any atom is -0.349 e. The second-order valence-electron chi connectivity index (χ2n) is 11.3. The molecule has 0 amide bonds. The van der Waals surface area contributed by atoms with Gasteiger partial charge in [-0.2, -0.15) is 26.3 Å². The fraction of sp³-hybridized carbons (Fsp3) is 0.455. The van der Waals surface area contributed by atoms with E-state index in [9.17, 15) is 26.3 Å². The molecule has 2 heterocycles. The molecule has 43 heavy (non-hydrogen) atoms. The zero-order valence-corrected chi connectivity index (χ0v) is 24.0. The van der Waals surface area contributed by atoms with E-state index in [1.807, 2.05) is 36.4 Å². The molecule has 4 nitrogen and oxygen atoms in total. The van der Waals surface area contributed by atoms with Crippen LogP contribution in [0.4, 0.5) is 26.3 Å².